The fraction of sp³-hybridized carbons (Fsp3) is 0.250. The van der Waals surface area contributed by atoms with Crippen molar-refractivity contribution in [1.29, 1.82) is 0 Å². The molecule has 2 aromatic heterocycles. The van der Waals surface area contributed by atoms with Crippen molar-refractivity contribution in [2.24, 2.45) is 0 Å². The Morgan fingerprint density at radius 1 is 1.13 bits per heavy atom. The van der Waals surface area contributed by atoms with Gasteiger partial charge in [0.25, 0.3) is 0 Å². The Kier molecular flexibility index (Phi) is 3.21. The van der Waals surface area contributed by atoms with E-state index in [1.165, 1.54) is 0 Å². The topological polar surface area (TPSA) is 33.4 Å². The molecule has 3 aromatic rings. The zero-order valence-electron chi connectivity index (χ0n) is 12.0. The summed E-state index contributed by atoms with van der Waals surface area (Å²) in [5, 5.41) is 4.06. The predicted molar refractivity (Wildman–Crippen MR) is 78.9 cm³/mol. The number of rotatable bonds is 2. The molecular weight excluding hydrogens is 305 g/mol. The van der Waals surface area contributed by atoms with Crippen LogP contribution in [0.15, 0.2) is 42.7 Å². The van der Waals surface area contributed by atoms with Crippen molar-refractivity contribution in [3.63, 3.8) is 0 Å². The van der Waals surface area contributed by atoms with Gasteiger partial charge in [0.2, 0.25) is 0 Å². The highest BCUT2D eigenvalue weighted by Gasteiger charge is 2.35. The van der Waals surface area contributed by atoms with Crippen molar-refractivity contribution in [2.75, 3.05) is 11.4 Å². The van der Waals surface area contributed by atoms with Gasteiger partial charge >= 0.3 is 0 Å². The van der Waals surface area contributed by atoms with Crippen LogP contribution < -0.4 is 4.90 Å². The third-order valence-electron chi connectivity index (χ3n) is 4.10. The molecule has 3 heterocycles. The van der Waals surface area contributed by atoms with Crippen LogP contribution in [0.4, 0.5) is 19.0 Å². The fourth-order valence-corrected chi connectivity index (χ4v) is 3.07. The standard InChI is InChI=1S/C16H13F3N4/c17-10-1-2-13(19)12(7-10)14-8-11(18)9-22(14)15-4-6-23-16(21-15)3-5-20-23/h1-7,11,14H,8-9H2/t11-,14+/m0/s1. The van der Waals surface area contributed by atoms with Crippen LogP contribution >= 0.6 is 0 Å². The average molecular weight is 318 g/mol. The summed E-state index contributed by atoms with van der Waals surface area (Å²) in [4.78, 5) is 6.10. The van der Waals surface area contributed by atoms with Crippen LogP contribution in [-0.4, -0.2) is 27.3 Å². The van der Waals surface area contributed by atoms with E-state index < -0.39 is 23.8 Å². The summed E-state index contributed by atoms with van der Waals surface area (Å²) in [6, 6.07) is 6.09. The molecule has 23 heavy (non-hydrogen) atoms. The Morgan fingerprint density at radius 3 is 2.87 bits per heavy atom. The van der Waals surface area contributed by atoms with E-state index in [0.29, 0.717) is 11.5 Å². The molecule has 1 aromatic carbocycles. The van der Waals surface area contributed by atoms with E-state index in [2.05, 4.69) is 10.1 Å². The van der Waals surface area contributed by atoms with Crippen LogP contribution in [0.25, 0.3) is 5.65 Å². The van der Waals surface area contributed by atoms with Crippen LogP contribution in [0.5, 0.6) is 0 Å². The second kappa shape index (κ2) is 5.26. The van der Waals surface area contributed by atoms with Gasteiger partial charge < -0.3 is 4.90 Å². The van der Waals surface area contributed by atoms with Gasteiger partial charge in [0.1, 0.15) is 23.6 Å². The number of benzene rings is 1. The molecule has 7 heteroatoms. The third-order valence-corrected chi connectivity index (χ3v) is 4.10. The minimum Gasteiger partial charge on any atom is -0.346 e. The summed E-state index contributed by atoms with van der Waals surface area (Å²) < 4.78 is 43.1. The first-order chi connectivity index (χ1) is 11.1. The van der Waals surface area contributed by atoms with E-state index in [0.717, 1.165) is 18.2 Å². The van der Waals surface area contributed by atoms with Gasteiger partial charge in [-0.25, -0.2) is 22.7 Å². The quantitative estimate of drug-likeness (QED) is 0.727. The molecule has 0 unspecified atom stereocenters. The van der Waals surface area contributed by atoms with Gasteiger partial charge in [0.05, 0.1) is 18.8 Å². The Hall–Kier alpha value is -2.57. The molecule has 0 bridgehead atoms. The molecule has 0 aliphatic carbocycles. The lowest BCUT2D eigenvalue weighted by Crippen LogP contribution is -2.25. The first kappa shape index (κ1) is 14.0. The van der Waals surface area contributed by atoms with Crippen LogP contribution in [0.1, 0.15) is 18.0 Å². The SMILES string of the molecule is Fc1ccc(F)c([C@H]2C[C@H](F)CN2c2ccn3nccc3n2)c1. The summed E-state index contributed by atoms with van der Waals surface area (Å²) in [5.74, 6) is -0.560. The summed E-state index contributed by atoms with van der Waals surface area (Å²) in [7, 11) is 0. The smallest absolute Gasteiger partial charge is 0.157 e. The molecule has 4 nitrogen and oxygen atoms in total. The largest absolute Gasteiger partial charge is 0.346 e. The highest BCUT2D eigenvalue weighted by atomic mass is 19.1. The van der Waals surface area contributed by atoms with Crippen LogP contribution in [0.3, 0.4) is 0 Å². The predicted octanol–water partition coefficient (Wildman–Crippen LogP) is 3.30. The van der Waals surface area contributed by atoms with E-state index in [4.69, 9.17) is 0 Å². The first-order valence-electron chi connectivity index (χ1n) is 7.28. The lowest BCUT2D eigenvalue weighted by Gasteiger charge is -2.26. The van der Waals surface area contributed by atoms with Crippen molar-refractivity contribution in [1.82, 2.24) is 14.6 Å². The number of fused-ring (bicyclic) bond motifs is 1. The van der Waals surface area contributed by atoms with E-state index in [9.17, 15) is 13.2 Å². The molecule has 0 spiro atoms. The van der Waals surface area contributed by atoms with Gasteiger partial charge in [-0.2, -0.15) is 5.10 Å². The maximum absolute atomic E-state index is 14.1. The Morgan fingerprint density at radius 2 is 2.00 bits per heavy atom. The van der Waals surface area contributed by atoms with Crippen molar-refractivity contribution >= 4 is 11.5 Å². The minimum atomic E-state index is -1.12. The molecule has 1 aliphatic heterocycles. The summed E-state index contributed by atoms with van der Waals surface area (Å²) in [5.41, 5.74) is 0.767. The molecule has 4 rings (SSSR count). The lowest BCUT2D eigenvalue weighted by atomic mass is 10.0. The summed E-state index contributed by atoms with van der Waals surface area (Å²) in [6.07, 6.45) is 2.30. The number of nitrogens with zero attached hydrogens (tertiary/aromatic N) is 4. The molecule has 1 saturated heterocycles. The first-order valence-corrected chi connectivity index (χ1v) is 7.28. The van der Waals surface area contributed by atoms with Crippen LogP contribution in [0, 0.1) is 11.6 Å². The number of hydrogen-bond donors (Lipinski definition) is 0. The van der Waals surface area contributed by atoms with Crippen LogP contribution in [-0.2, 0) is 0 Å². The molecule has 0 saturated carbocycles. The highest BCUT2D eigenvalue weighted by molar-refractivity contribution is 5.50. The third kappa shape index (κ3) is 2.42. The zero-order chi connectivity index (χ0) is 16.0. The van der Waals surface area contributed by atoms with Gasteiger partial charge in [-0.15, -0.1) is 0 Å². The van der Waals surface area contributed by atoms with E-state index in [1.807, 2.05) is 0 Å². The second-order valence-electron chi connectivity index (χ2n) is 5.59. The molecule has 118 valence electrons. The van der Waals surface area contributed by atoms with E-state index in [1.54, 1.807) is 33.9 Å². The molecule has 0 amide bonds. The van der Waals surface area contributed by atoms with Crippen molar-refractivity contribution in [2.45, 2.75) is 18.6 Å². The van der Waals surface area contributed by atoms with Gasteiger partial charge in [0, 0.05) is 24.2 Å². The van der Waals surface area contributed by atoms with Crippen molar-refractivity contribution in [3.8, 4) is 0 Å². The normalized spacial score (nSPS) is 21.3. The summed E-state index contributed by atoms with van der Waals surface area (Å²) in [6.45, 7) is 0.0952. The Labute approximate surface area is 130 Å². The number of aromatic nitrogens is 3. The average Bonchev–Trinajstić information content (AvgIpc) is 3.15. The summed E-state index contributed by atoms with van der Waals surface area (Å²) >= 11 is 0. The molecule has 0 N–H and O–H groups in total. The Bertz CT molecular complexity index is 863. The number of alkyl halides is 1. The van der Waals surface area contributed by atoms with Crippen molar-refractivity contribution < 1.29 is 13.2 Å². The highest BCUT2D eigenvalue weighted by Crippen LogP contribution is 2.37. The van der Waals surface area contributed by atoms with E-state index >= 15 is 0 Å². The van der Waals surface area contributed by atoms with Gasteiger partial charge in [-0.05, 0) is 24.3 Å². The molecule has 2 atom stereocenters. The lowest BCUT2D eigenvalue weighted by molar-refractivity contribution is 0.355. The number of halogens is 3. The maximum Gasteiger partial charge on any atom is 0.157 e. The zero-order valence-corrected chi connectivity index (χ0v) is 12.0. The monoisotopic (exact) mass is 318 g/mol. The Balaban J connectivity index is 1.77. The van der Waals surface area contributed by atoms with Gasteiger partial charge in [-0.1, -0.05) is 0 Å². The van der Waals surface area contributed by atoms with Gasteiger partial charge in [-0.3, -0.25) is 0 Å². The number of hydrogen-bond acceptors (Lipinski definition) is 3. The minimum absolute atomic E-state index is 0.0952. The molecule has 1 aliphatic rings. The van der Waals surface area contributed by atoms with Crippen molar-refractivity contribution in [3.05, 3.63) is 59.9 Å². The van der Waals surface area contributed by atoms with Gasteiger partial charge in [0.15, 0.2) is 5.65 Å². The molecule has 1 fully saturated rings. The van der Waals surface area contributed by atoms with Crippen LogP contribution in [0.2, 0.25) is 0 Å². The molecule has 0 radical (unpaired) electrons. The van der Waals surface area contributed by atoms with E-state index in [-0.39, 0.29) is 18.5 Å². The fourth-order valence-electron chi connectivity index (χ4n) is 3.07. The number of anilines is 1. The second-order valence-corrected chi connectivity index (χ2v) is 5.59. The molecular formula is C16H13F3N4. The maximum atomic E-state index is 14.1.